The average molecular weight is 442 g/mol. The van der Waals surface area contributed by atoms with E-state index in [1.165, 1.54) is 0 Å². The van der Waals surface area contributed by atoms with Gasteiger partial charge >= 0.3 is 0 Å². The fourth-order valence-electron chi connectivity index (χ4n) is 3.46. The van der Waals surface area contributed by atoms with Crippen LogP contribution < -0.4 is 15.5 Å². The lowest BCUT2D eigenvalue weighted by Crippen LogP contribution is -2.48. The highest BCUT2D eigenvalue weighted by atomic mass is 35.5. The van der Waals surface area contributed by atoms with Gasteiger partial charge in [0.15, 0.2) is 0 Å². The summed E-state index contributed by atoms with van der Waals surface area (Å²) in [7, 11) is 0. The van der Waals surface area contributed by atoms with Gasteiger partial charge in [-0.15, -0.1) is 0 Å². The first-order valence-electron chi connectivity index (χ1n) is 9.57. The van der Waals surface area contributed by atoms with E-state index >= 15 is 0 Å². The molecule has 0 spiro atoms. The minimum absolute atomic E-state index is 0.153. The zero-order chi connectivity index (χ0) is 22.0. The van der Waals surface area contributed by atoms with Gasteiger partial charge in [-0.25, -0.2) is 8.78 Å². The standard InChI is InChI=1S/C23H18ClF2N3O2/c24-15-6-9-21-19(10-15)27-20(23(31)29(21)13-14-4-2-1-3-5-14)12-22(30)28-18-8-7-16(25)11-17(18)26/h1-11,20,27H,12-13H2,(H,28,30)/t20-/m0/s1. The normalized spacial score (nSPS) is 15.3. The molecule has 3 aromatic rings. The molecule has 0 aliphatic carbocycles. The fraction of sp³-hybridized carbons (Fsp3) is 0.130. The van der Waals surface area contributed by atoms with Gasteiger partial charge in [-0.05, 0) is 35.9 Å². The third kappa shape index (κ3) is 4.67. The van der Waals surface area contributed by atoms with Crippen LogP contribution in [0.25, 0.3) is 0 Å². The second-order valence-corrected chi connectivity index (χ2v) is 7.58. The molecule has 2 N–H and O–H groups in total. The maximum Gasteiger partial charge on any atom is 0.250 e. The van der Waals surface area contributed by atoms with Crippen molar-refractivity contribution in [2.24, 2.45) is 0 Å². The van der Waals surface area contributed by atoms with Gasteiger partial charge in [-0.3, -0.25) is 9.59 Å². The maximum absolute atomic E-state index is 13.9. The topological polar surface area (TPSA) is 61.4 Å². The van der Waals surface area contributed by atoms with Crippen molar-refractivity contribution in [3.8, 4) is 0 Å². The van der Waals surface area contributed by atoms with E-state index in [1.54, 1.807) is 23.1 Å². The van der Waals surface area contributed by atoms with Crippen molar-refractivity contribution in [1.29, 1.82) is 0 Å². The monoisotopic (exact) mass is 441 g/mol. The Bertz CT molecular complexity index is 1140. The van der Waals surface area contributed by atoms with Crippen molar-refractivity contribution >= 4 is 40.5 Å². The van der Waals surface area contributed by atoms with E-state index in [1.807, 2.05) is 30.3 Å². The highest BCUT2D eigenvalue weighted by Gasteiger charge is 2.34. The molecule has 0 aromatic heterocycles. The van der Waals surface area contributed by atoms with Crippen LogP contribution in [0.15, 0.2) is 66.7 Å². The largest absolute Gasteiger partial charge is 0.372 e. The number of nitrogens with one attached hydrogen (secondary N) is 2. The smallest absolute Gasteiger partial charge is 0.250 e. The molecule has 8 heteroatoms. The molecule has 1 atom stereocenters. The van der Waals surface area contributed by atoms with Gasteiger partial charge in [-0.1, -0.05) is 41.9 Å². The lowest BCUT2D eigenvalue weighted by atomic mass is 10.0. The molecule has 2 amide bonds. The summed E-state index contributed by atoms with van der Waals surface area (Å²) in [5.41, 5.74) is 2.04. The molecule has 0 bridgehead atoms. The van der Waals surface area contributed by atoms with Crippen LogP contribution >= 0.6 is 11.6 Å². The summed E-state index contributed by atoms with van der Waals surface area (Å²) in [6, 6.07) is 16.6. The van der Waals surface area contributed by atoms with Gasteiger partial charge in [0, 0.05) is 11.1 Å². The summed E-state index contributed by atoms with van der Waals surface area (Å²) >= 11 is 6.12. The molecule has 1 aliphatic rings. The van der Waals surface area contributed by atoms with E-state index in [0.29, 0.717) is 29.0 Å². The molecular formula is C23H18ClF2N3O2. The Balaban J connectivity index is 1.56. The quantitative estimate of drug-likeness (QED) is 0.587. The van der Waals surface area contributed by atoms with E-state index < -0.39 is 23.6 Å². The molecule has 4 rings (SSSR count). The van der Waals surface area contributed by atoms with Crippen LogP contribution in [-0.2, 0) is 16.1 Å². The Labute approximate surface area is 182 Å². The number of benzene rings is 3. The Morgan fingerprint density at radius 2 is 1.84 bits per heavy atom. The molecule has 0 saturated heterocycles. The molecule has 0 radical (unpaired) electrons. The molecule has 5 nitrogen and oxygen atoms in total. The fourth-order valence-corrected chi connectivity index (χ4v) is 3.63. The minimum atomic E-state index is -0.890. The van der Waals surface area contributed by atoms with Crippen molar-refractivity contribution in [3.05, 3.63) is 89.0 Å². The van der Waals surface area contributed by atoms with Crippen LogP contribution in [0.4, 0.5) is 25.8 Å². The van der Waals surface area contributed by atoms with Gasteiger partial charge in [-0.2, -0.15) is 0 Å². The summed E-state index contributed by atoms with van der Waals surface area (Å²) in [6.45, 7) is 0.320. The summed E-state index contributed by atoms with van der Waals surface area (Å²) in [4.78, 5) is 27.3. The van der Waals surface area contributed by atoms with Gasteiger partial charge in [0.25, 0.3) is 0 Å². The second-order valence-electron chi connectivity index (χ2n) is 7.14. The molecule has 31 heavy (non-hydrogen) atoms. The SMILES string of the molecule is O=C(C[C@@H]1Nc2cc(Cl)ccc2N(Cc2ccccc2)C1=O)Nc1ccc(F)cc1F. The molecule has 1 heterocycles. The third-order valence-corrected chi connectivity index (χ3v) is 5.16. The number of hydrogen-bond donors (Lipinski definition) is 2. The van der Waals surface area contributed by atoms with Crippen molar-refractivity contribution in [2.45, 2.75) is 19.0 Å². The number of anilines is 3. The highest BCUT2D eigenvalue weighted by Crippen LogP contribution is 2.35. The predicted molar refractivity (Wildman–Crippen MR) is 116 cm³/mol. The van der Waals surface area contributed by atoms with E-state index in [-0.39, 0.29) is 18.0 Å². The molecule has 158 valence electrons. The lowest BCUT2D eigenvalue weighted by molar-refractivity contribution is -0.123. The number of carbonyl (C=O) groups excluding carboxylic acids is 2. The number of nitrogens with zero attached hydrogens (tertiary/aromatic N) is 1. The van der Waals surface area contributed by atoms with Crippen LogP contribution in [0.1, 0.15) is 12.0 Å². The zero-order valence-corrected chi connectivity index (χ0v) is 17.0. The molecule has 0 saturated carbocycles. The molecule has 1 aliphatic heterocycles. The predicted octanol–water partition coefficient (Wildman–Crippen LogP) is 4.97. The van der Waals surface area contributed by atoms with Gasteiger partial charge in [0.1, 0.15) is 17.7 Å². The van der Waals surface area contributed by atoms with E-state index in [0.717, 1.165) is 17.7 Å². The van der Waals surface area contributed by atoms with E-state index in [9.17, 15) is 18.4 Å². The van der Waals surface area contributed by atoms with Crippen molar-refractivity contribution in [1.82, 2.24) is 0 Å². The number of hydrogen-bond acceptors (Lipinski definition) is 3. The van der Waals surface area contributed by atoms with Crippen LogP contribution in [0.3, 0.4) is 0 Å². The van der Waals surface area contributed by atoms with Crippen LogP contribution in [-0.4, -0.2) is 17.9 Å². The van der Waals surface area contributed by atoms with Crippen LogP contribution in [0.5, 0.6) is 0 Å². The first kappa shape index (κ1) is 20.8. The van der Waals surface area contributed by atoms with Crippen LogP contribution in [0.2, 0.25) is 5.02 Å². The maximum atomic E-state index is 13.9. The summed E-state index contributed by atoms with van der Waals surface area (Å²) in [5, 5.41) is 5.92. The molecule has 0 unspecified atom stereocenters. The molecular weight excluding hydrogens is 424 g/mol. The van der Waals surface area contributed by atoms with E-state index in [4.69, 9.17) is 11.6 Å². The Morgan fingerprint density at radius 1 is 1.06 bits per heavy atom. The number of carbonyl (C=O) groups is 2. The second kappa shape index (κ2) is 8.73. The Kier molecular flexibility index (Phi) is 5.86. The number of halogens is 3. The average Bonchev–Trinajstić information content (AvgIpc) is 2.74. The summed E-state index contributed by atoms with van der Waals surface area (Å²) in [6.07, 6.45) is -0.243. The van der Waals surface area contributed by atoms with Gasteiger partial charge in [0.05, 0.1) is 30.0 Å². The number of rotatable bonds is 5. The first-order chi connectivity index (χ1) is 14.9. The summed E-state index contributed by atoms with van der Waals surface area (Å²) < 4.78 is 26.9. The number of amides is 2. The summed E-state index contributed by atoms with van der Waals surface area (Å²) in [5.74, 6) is -2.52. The Morgan fingerprint density at radius 3 is 2.58 bits per heavy atom. The van der Waals surface area contributed by atoms with Crippen LogP contribution in [0, 0.1) is 11.6 Å². The van der Waals surface area contributed by atoms with E-state index in [2.05, 4.69) is 10.6 Å². The van der Waals surface area contributed by atoms with Crippen molar-refractivity contribution in [2.75, 3.05) is 15.5 Å². The number of fused-ring (bicyclic) bond motifs is 1. The molecule has 0 fully saturated rings. The van der Waals surface area contributed by atoms with Crippen molar-refractivity contribution in [3.63, 3.8) is 0 Å². The lowest BCUT2D eigenvalue weighted by Gasteiger charge is -2.35. The highest BCUT2D eigenvalue weighted by molar-refractivity contribution is 6.31. The third-order valence-electron chi connectivity index (χ3n) is 4.92. The molecule has 3 aromatic carbocycles. The van der Waals surface area contributed by atoms with Gasteiger partial charge < -0.3 is 15.5 Å². The Hall–Kier alpha value is -3.45. The van der Waals surface area contributed by atoms with Gasteiger partial charge in [0.2, 0.25) is 11.8 Å². The zero-order valence-electron chi connectivity index (χ0n) is 16.2. The van der Waals surface area contributed by atoms with Crippen molar-refractivity contribution < 1.29 is 18.4 Å². The minimum Gasteiger partial charge on any atom is -0.372 e. The first-order valence-corrected chi connectivity index (χ1v) is 9.95.